The minimum atomic E-state index is 0.155. The van der Waals surface area contributed by atoms with Crippen LogP contribution in [0.2, 0.25) is 0 Å². The standard InChI is InChI=1S/C10H17NO/c1-8-7-10(12-9(8)2)3-5-11-6-4-10/h9,11H,1,3-7H2,2H3/t9-/m1/s1. The SMILES string of the molecule is C=C1CC2(CCNCC2)O[C@@H]1C. The van der Waals surface area contributed by atoms with E-state index in [-0.39, 0.29) is 11.7 Å². The maximum atomic E-state index is 5.96. The summed E-state index contributed by atoms with van der Waals surface area (Å²) in [4.78, 5) is 0. The van der Waals surface area contributed by atoms with Gasteiger partial charge in [-0.15, -0.1) is 0 Å². The van der Waals surface area contributed by atoms with Crippen molar-refractivity contribution in [1.82, 2.24) is 5.32 Å². The topological polar surface area (TPSA) is 21.3 Å². The number of nitrogens with one attached hydrogen (secondary N) is 1. The van der Waals surface area contributed by atoms with Crippen LogP contribution in [0.3, 0.4) is 0 Å². The Balaban J connectivity index is 2.07. The Labute approximate surface area is 74.0 Å². The van der Waals surface area contributed by atoms with Crippen LogP contribution in [0.1, 0.15) is 26.2 Å². The smallest absolute Gasteiger partial charge is 0.0763 e. The molecule has 1 N–H and O–H groups in total. The molecule has 1 spiro atoms. The van der Waals surface area contributed by atoms with Gasteiger partial charge in [0.1, 0.15) is 0 Å². The second-order valence-electron chi connectivity index (χ2n) is 4.03. The number of ether oxygens (including phenoxy) is 1. The van der Waals surface area contributed by atoms with Gasteiger partial charge in [-0.2, -0.15) is 0 Å². The monoisotopic (exact) mass is 167 g/mol. The Morgan fingerprint density at radius 2 is 2.17 bits per heavy atom. The molecule has 0 radical (unpaired) electrons. The zero-order valence-electron chi connectivity index (χ0n) is 7.73. The van der Waals surface area contributed by atoms with Crippen molar-refractivity contribution in [2.75, 3.05) is 13.1 Å². The molecule has 2 rings (SSSR count). The number of hydrogen-bond acceptors (Lipinski definition) is 2. The normalized spacial score (nSPS) is 34.4. The first kappa shape index (κ1) is 8.27. The number of hydrogen-bond donors (Lipinski definition) is 1. The fourth-order valence-electron chi connectivity index (χ4n) is 2.23. The third-order valence-corrected chi connectivity index (χ3v) is 3.07. The largest absolute Gasteiger partial charge is 0.367 e. The van der Waals surface area contributed by atoms with Crippen molar-refractivity contribution >= 4 is 0 Å². The van der Waals surface area contributed by atoms with E-state index in [1.165, 1.54) is 5.57 Å². The molecule has 0 aromatic heterocycles. The molecule has 2 aliphatic heterocycles. The molecule has 2 heteroatoms. The predicted molar refractivity (Wildman–Crippen MR) is 49.1 cm³/mol. The van der Waals surface area contributed by atoms with Crippen LogP contribution < -0.4 is 5.32 Å². The first-order valence-corrected chi connectivity index (χ1v) is 4.78. The summed E-state index contributed by atoms with van der Waals surface area (Å²) in [6.07, 6.45) is 3.66. The number of piperidine rings is 1. The van der Waals surface area contributed by atoms with Crippen molar-refractivity contribution in [1.29, 1.82) is 0 Å². The molecule has 0 aromatic carbocycles. The molecular formula is C10H17NO. The maximum absolute atomic E-state index is 5.96. The van der Waals surface area contributed by atoms with E-state index < -0.39 is 0 Å². The van der Waals surface area contributed by atoms with Gasteiger partial charge < -0.3 is 10.1 Å². The van der Waals surface area contributed by atoms with Crippen LogP contribution in [0.5, 0.6) is 0 Å². The van der Waals surface area contributed by atoms with E-state index >= 15 is 0 Å². The molecule has 2 heterocycles. The van der Waals surface area contributed by atoms with Crippen LogP contribution in [0.4, 0.5) is 0 Å². The van der Waals surface area contributed by atoms with Gasteiger partial charge in [0.15, 0.2) is 0 Å². The van der Waals surface area contributed by atoms with Gasteiger partial charge in [-0.3, -0.25) is 0 Å². The highest BCUT2D eigenvalue weighted by Gasteiger charge is 2.41. The summed E-state index contributed by atoms with van der Waals surface area (Å²) < 4.78 is 5.96. The van der Waals surface area contributed by atoms with E-state index in [1.54, 1.807) is 0 Å². The lowest BCUT2D eigenvalue weighted by Crippen LogP contribution is -2.41. The summed E-state index contributed by atoms with van der Waals surface area (Å²) in [7, 11) is 0. The fourth-order valence-corrected chi connectivity index (χ4v) is 2.23. The van der Waals surface area contributed by atoms with E-state index in [9.17, 15) is 0 Å². The molecule has 0 aliphatic carbocycles. The summed E-state index contributed by atoms with van der Waals surface area (Å²) in [6.45, 7) is 8.34. The van der Waals surface area contributed by atoms with E-state index in [0.29, 0.717) is 0 Å². The summed E-state index contributed by atoms with van der Waals surface area (Å²) in [5.41, 5.74) is 1.43. The molecule has 0 amide bonds. The third-order valence-electron chi connectivity index (χ3n) is 3.07. The summed E-state index contributed by atoms with van der Waals surface area (Å²) in [5.74, 6) is 0. The van der Waals surface area contributed by atoms with Gasteiger partial charge in [0.2, 0.25) is 0 Å². The maximum Gasteiger partial charge on any atom is 0.0763 e. The molecule has 68 valence electrons. The Morgan fingerprint density at radius 3 is 2.67 bits per heavy atom. The lowest BCUT2D eigenvalue weighted by Gasteiger charge is -2.33. The minimum absolute atomic E-state index is 0.155. The molecule has 2 aliphatic rings. The fraction of sp³-hybridized carbons (Fsp3) is 0.800. The van der Waals surface area contributed by atoms with Gasteiger partial charge in [0.25, 0.3) is 0 Å². The quantitative estimate of drug-likeness (QED) is 0.552. The van der Waals surface area contributed by atoms with Gasteiger partial charge in [-0.05, 0) is 44.8 Å². The molecular weight excluding hydrogens is 150 g/mol. The van der Waals surface area contributed by atoms with E-state index in [1.807, 2.05) is 0 Å². The first-order valence-electron chi connectivity index (χ1n) is 4.78. The van der Waals surface area contributed by atoms with Gasteiger partial charge in [0, 0.05) is 0 Å². The van der Waals surface area contributed by atoms with Gasteiger partial charge >= 0.3 is 0 Å². The molecule has 0 bridgehead atoms. The Kier molecular flexibility index (Phi) is 1.97. The predicted octanol–water partition coefficient (Wildman–Crippen LogP) is 1.47. The van der Waals surface area contributed by atoms with E-state index in [2.05, 4.69) is 18.8 Å². The van der Waals surface area contributed by atoms with Crippen LogP contribution in [0.15, 0.2) is 12.2 Å². The lowest BCUT2D eigenvalue weighted by molar-refractivity contribution is -0.0507. The second kappa shape index (κ2) is 2.86. The molecule has 0 unspecified atom stereocenters. The molecule has 0 saturated carbocycles. The van der Waals surface area contributed by atoms with Crippen LogP contribution in [0, 0.1) is 0 Å². The minimum Gasteiger partial charge on any atom is -0.367 e. The van der Waals surface area contributed by atoms with Crippen molar-refractivity contribution in [3.05, 3.63) is 12.2 Å². The van der Waals surface area contributed by atoms with Crippen molar-refractivity contribution in [3.8, 4) is 0 Å². The van der Waals surface area contributed by atoms with Crippen LogP contribution in [-0.2, 0) is 4.74 Å². The lowest BCUT2D eigenvalue weighted by atomic mass is 9.88. The van der Waals surface area contributed by atoms with Crippen LogP contribution >= 0.6 is 0 Å². The Morgan fingerprint density at radius 1 is 1.50 bits per heavy atom. The van der Waals surface area contributed by atoms with Crippen molar-refractivity contribution in [2.45, 2.75) is 37.9 Å². The number of rotatable bonds is 0. The van der Waals surface area contributed by atoms with E-state index in [4.69, 9.17) is 4.74 Å². The molecule has 0 aromatic rings. The molecule has 12 heavy (non-hydrogen) atoms. The molecule has 1 atom stereocenters. The Bertz CT molecular complexity index is 194. The summed E-state index contributed by atoms with van der Waals surface area (Å²) in [5, 5.41) is 3.36. The van der Waals surface area contributed by atoms with E-state index in [0.717, 1.165) is 32.4 Å². The summed E-state index contributed by atoms with van der Waals surface area (Å²) in [6, 6.07) is 0. The van der Waals surface area contributed by atoms with Crippen molar-refractivity contribution in [2.24, 2.45) is 0 Å². The van der Waals surface area contributed by atoms with Gasteiger partial charge in [-0.1, -0.05) is 6.58 Å². The average Bonchev–Trinajstić information content (AvgIpc) is 2.29. The second-order valence-corrected chi connectivity index (χ2v) is 4.03. The highest BCUT2D eigenvalue weighted by molar-refractivity contribution is 5.13. The summed E-state index contributed by atoms with van der Waals surface area (Å²) >= 11 is 0. The van der Waals surface area contributed by atoms with Gasteiger partial charge in [0.05, 0.1) is 11.7 Å². The zero-order valence-corrected chi connectivity index (χ0v) is 7.73. The van der Waals surface area contributed by atoms with Gasteiger partial charge in [-0.25, -0.2) is 0 Å². The van der Waals surface area contributed by atoms with Crippen LogP contribution in [0.25, 0.3) is 0 Å². The highest BCUT2D eigenvalue weighted by Crippen LogP contribution is 2.39. The first-order chi connectivity index (χ1) is 5.72. The highest BCUT2D eigenvalue weighted by atomic mass is 16.5. The Hall–Kier alpha value is -0.340. The zero-order chi connectivity index (χ0) is 8.60. The molecule has 2 nitrogen and oxygen atoms in total. The van der Waals surface area contributed by atoms with Crippen molar-refractivity contribution < 1.29 is 4.74 Å². The molecule has 2 saturated heterocycles. The van der Waals surface area contributed by atoms with Crippen molar-refractivity contribution in [3.63, 3.8) is 0 Å². The average molecular weight is 167 g/mol. The third kappa shape index (κ3) is 1.29. The molecule has 2 fully saturated rings. The van der Waals surface area contributed by atoms with Crippen LogP contribution in [-0.4, -0.2) is 24.8 Å².